The molecule has 0 bridgehead atoms. The fourth-order valence-electron chi connectivity index (χ4n) is 6.18. The van der Waals surface area contributed by atoms with E-state index in [1.54, 1.807) is 31.6 Å². The monoisotopic (exact) mass is 758 g/mol. The Morgan fingerprint density at radius 2 is 1.62 bits per heavy atom. The third-order valence-electron chi connectivity index (χ3n) is 9.01. The molecule has 0 radical (unpaired) electrons. The number of anilines is 1. The van der Waals surface area contributed by atoms with Crippen molar-refractivity contribution in [2.75, 3.05) is 44.3 Å². The molecule has 0 aliphatic carbocycles. The quantitative estimate of drug-likeness (QED) is 0.107. The maximum absolute atomic E-state index is 11.6. The Kier molecular flexibility index (Phi) is 19.1. The van der Waals surface area contributed by atoms with Gasteiger partial charge in [0, 0.05) is 68.2 Å². The second-order valence-electron chi connectivity index (χ2n) is 12.9. The van der Waals surface area contributed by atoms with Crippen molar-refractivity contribution in [1.82, 2.24) is 14.5 Å². The van der Waals surface area contributed by atoms with Gasteiger partial charge in [0.15, 0.2) is 0 Å². The molecule has 2 aliphatic rings. The first-order valence-electron chi connectivity index (χ1n) is 18.4. The Balaban J connectivity index is 0.000000386. The van der Waals surface area contributed by atoms with E-state index in [-0.39, 0.29) is 12.0 Å². The number of carbonyl (C=O) groups is 2. The third-order valence-corrected chi connectivity index (χ3v) is 9.56. The fourth-order valence-corrected chi connectivity index (χ4v) is 6.74. The molecule has 5 rings (SSSR count). The SMILES string of the molecule is C=C.CC(=O)N1CCN(c2ccc(OC[C@H]3CO[C@](Cn4ccnc4)(c4ccc(Cl)cc4Cl)O3)cc2)CC1.CCCCCCCCCCCC(=O)O. The largest absolute Gasteiger partial charge is 0.491 e. The van der Waals surface area contributed by atoms with E-state index in [9.17, 15) is 9.59 Å². The van der Waals surface area contributed by atoms with Crippen LogP contribution in [0, 0.1) is 0 Å². The maximum atomic E-state index is 11.6. The first kappa shape index (κ1) is 42.8. The minimum atomic E-state index is -1.08. The summed E-state index contributed by atoms with van der Waals surface area (Å²) in [5, 5.41) is 9.43. The van der Waals surface area contributed by atoms with Crippen LogP contribution in [0.4, 0.5) is 5.69 Å². The topological polar surface area (TPSA) is 106 Å². The van der Waals surface area contributed by atoms with Gasteiger partial charge in [0.25, 0.3) is 0 Å². The van der Waals surface area contributed by atoms with Gasteiger partial charge in [-0.15, -0.1) is 13.2 Å². The van der Waals surface area contributed by atoms with Crippen molar-refractivity contribution >= 4 is 40.8 Å². The van der Waals surface area contributed by atoms with Crippen molar-refractivity contribution in [3.05, 3.63) is 90.0 Å². The highest BCUT2D eigenvalue weighted by Crippen LogP contribution is 2.40. The zero-order chi connectivity index (χ0) is 37.8. The molecular weight excluding hydrogens is 703 g/mol. The van der Waals surface area contributed by atoms with Crippen molar-refractivity contribution in [2.45, 2.75) is 96.5 Å². The number of amides is 1. The average Bonchev–Trinajstić information content (AvgIpc) is 3.82. The van der Waals surface area contributed by atoms with Crippen LogP contribution in [0.25, 0.3) is 0 Å². The Hall–Kier alpha value is -3.57. The summed E-state index contributed by atoms with van der Waals surface area (Å²) in [5.74, 6) is -0.861. The molecule has 2 aromatic carbocycles. The highest BCUT2D eigenvalue weighted by molar-refractivity contribution is 6.35. The maximum Gasteiger partial charge on any atom is 0.303 e. The van der Waals surface area contributed by atoms with Gasteiger partial charge in [-0.05, 0) is 42.8 Å². The lowest BCUT2D eigenvalue weighted by atomic mass is 10.1. The molecule has 10 nitrogen and oxygen atoms in total. The minimum absolute atomic E-state index is 0.129. The minimum Gasteiger partial charge on any atom is -0.491 e. The number of hydrogen-bond donors (Lipinski definition) is 1. The summed E-state index contributed by atoms with van der Waals surface area (Å²) in [7, 11) is 0. The summed E-state index contributed by atoms with van der Waals surface area (Å²) in [6.07, 6.45) is 16.5. The second kappa shape index (κ2) is 23.2. The summed E-state index contributed by atoms with van der Waals surface area (Å²) in [6, 6.07) is 13.3. The fraction of sp³-hybridized carbons (Fsp3) is 0.525. The van der Waals surface area contributed by atoms with Crippen molar-refractivity contribution in [2.24, 2.45) is 0 Å². The number of benzene rings is 2. The molecule has 2 atom stereocenters. The highest BCUT2D eigenvalue weighted by atomic mass is 35.5. The zero-order valence-corrected chi connectivity index (χ0v) is 32.3. The Morgan fingerprint density at radius 1 is 0.962 bits per heavy atom. The number of halogens is 2. The van der Waals surface area contributed by atoms with Crippen LogP contribution in [0.1, 0.15) is 83.6 Å². The van der Waals surface area contributed by atoms with E-state index >= 15 is 0 Å². The number of hydrogen-bond acceptors (Lipinski definition) is 7. The van der Waals surface area contributed by atoms with E-state index < -0.39 is 11.8 Å². The second-order valence-corrected chi connectivity index (χ2v) is 13.8. The number of rotatable bonds is 17. The Labute approximate surface area is 319 Å². The number of carboxylic acids is 1. The van der Waals surface area contributed by atoms with Gasteiger partial charge in [-0.25, -0.2) is 4.98 Å². The molecule has 2 saturated heterocycles. The Morgan fingerprint density at radius 3 is 2.19 bits per heavy atom. The van der Waals surface area contributed by atoms with Crippen LogP contribution in [0.3, 0.4) is 0 Å². The summed E-state index contributed by atoms with van der Waals surface area (Å²) < 4.78 is 20.6. The molecule has 2 fully saturated rings. The normalized spacial score (nSPS) is 18.2. The van der Waals surface area contributed by atoms with Gasteiger partial charge >= 0.3 is 5.97 Å². The van der Waals surface area contributed by atoms with Crippen LogP contribution in [-0.2, 0) is 31.4 Å². The van der Waals surface area contributed by atoms with Crippen molar-refractivity contribution in [3.63, 3.8) is 0 Å². The van der Waals surface area contributed by atoms with E-state index in [1.165, 1.54) is 44.9 Å². The molecule has 12 heteroatoms. The van der Waals surface area contributed by atoms with Crippen molar-refractivity contribution in [1.29, 1.82) is 0 Å². The van der Waals surface area contributed by atoms with Gasteiger partial charge in [0.1, 0.15) is 18.5 Å². The zero-order valence-electron chi connectivity index (χ0n) is 30.8. The number of carboxylic acid groups (broad SMARTS) is 1. The van der Waals surface area contributed by atoms with Crippen LogP contribution in [-0.4, -0.2) is 76.9 Å². The predicted octanol–water partition coefficient (Wildman–Crippen LogP) is 9.00. The number of imidazole rings is 1. The van der Waals surface area contributed by atoms with Gasteiger partial charge in [0.2, 0.25) is 11.7 Å². The summed E-state index contributed by atoms with van der Waals surface area (Å²) in [5.41, 5.74) is 1.82. The predicted molar refractivity (Wildman–Crippen MR) is 208 cm³/mol. The number of carbonyl (C=O) groups excluding carboxylic acids is 1. The number of aromatic nitrogens is 2. The first-order chi connectivity index (χ1) is 25.2. The smallest absolute Gasteiger partial charge is 0.303 e. The van der Waals surface area contributed by atoms with Gasteiger partial charge < -0.3 is 33.7 Å². The van der Waals surface area contributed by atoms with Crippen molar-refractivity contribution in [3.8, 4) is 5.75 Å². The summed E-state index contributed by atoms with van der Waals surface area (Å²) in [4.78, 5) is 30.0. The summed E-state index contributed by atoms with van der Waals surface area (Å²) >= 11 is 12.7. The molecule has 3 aromatic rings. The van der Waals surface area contributed by atoms with Crippen LogP contribution in [0.15, 0.2) is 74.3 Å². The van der Waals surface area contributed by atoms with Crippen LogP contribution in [0.5, 0.6) is 5.75 Å². The lowest BCUT2D eigenvalue weighted by Crippen LogP contribution is -2.48. The number of ether oxygens (including phenoxy) is 3. The van der Waals surface area contributed by atoms with Gasteiger partial charge in [-0.1, -0.05) is 87.6 Å². The van der Waals surface area contributed by atoms with E-state index in [4.69, 9.17) is 42.5 Å². The van der Waals surface area contributed by atoms with E-state index in [0.717, 1.165) is 50.5 Å². The van der Waals surface area contributed by atoms with Crippen LogP contribution >= 0.6 is 23.2 Å². The lowest BCUT2D eigenvalue weighted by molar-refractivity contribution is -0.189. The van der Waals surface area contributed by atoms with Gasteiger partial charge in [-0.2, -0.15) is 0 Å². The van der Waals surface area contributed by atoms with E-state index in [0.29, 0.717) is 41.8 Å². The molecule has 2 aliphatic heterocycles. The average molecular weight is 760 g/mol. The molecule has 52 heavy (non-hydrogen) atoms. The molecule has 1 N–H and O–H groups in total. The number of unbranched alkanes of at least 4 members (excludes halogenated alkanes) is 8. The Bertz CT molecular complexity index is 1470. The van der Waals surface area contributed by atoms with Crippen LogP contribution < -0.4 is 9.64 Å². The summed E-state index contributed by atoms with van der Waals surface area (Å²) in [6.45, 7) is 14.0. The molecule has 1 amide bonds. The lowest BCUT2D eigenvalue weighted by Gasteiger charge is -2.35. The molecule has 286 valence electrons. The van der Waals surface area contributed by atoms with Crippen LogP contribution in [0.2, 0.25) is 10.0 Å². The molecule has 0 unspecified atom stereocenters. The van der Waals surface area contributed by atoms with Gasteiger partial charge in [0.05, 0.1) is 24.5 Å². The van der Waals surface area contributed by atoms with E-state index in [2.05, 4.69) is 30.0 Å². The first-order valence-corrected chi connectivity index (χ1v) is 19.1. The van der Waals surface area contributed by atoms with Gasteiger partial charge in [-0.3, -0.25) is 9.59 Å². The number of aliphatic carboxylic acids is 1. The highest BCUT2D eigenvalue weighted by Gasteiger charge is 2.45. The molecule has 0 spiro atoms. The molecule has 3 heterocycles. The van der Waals surface area contributed by atoms with E-state index in [1.807, 2.05) is 46.0 Å². The van der Waals surface area contributed by atoms with Crippen molar-refractivity contribution < 1.29 is 28.9 Å². The third kappa shape index (κ3) is 14.1. The number of nitrogens with zero attached hydrogens (tertiary/aromatic N) is 4. The molecule has 1 aromatic heterocycles. The number of piperazine rings is 1. The molecule has 0 saturated carbocycles. The standard InChI is InChI=1S/C26H28Cl2N4O4.C12H24O2.C2H4/c1-19(33)31-10-12-32(13-11-31)21-3-5-22(6-4-21)34-15-23-16-35-26(36-23,17-30-9-8-29-18-30)24-7-2-20(27)14-25(24)28;1-2-3-4-5-6-7-8-9-10-11-12(13)14;1-2/h2-9,14,18,23H,10-13,15-17H2,1H3;2-11H2,1H3,(H,13,14);1-2H2/t23-,26-;;/m0../s1. The molecular formula is C40H56Cl2N4O6.